The van der Waals surface area contributed by atoms with Crippen molar-refractivity contribution in [2.45, 2.75) is 86.8 Å². The molecule has 3 aromatic rings. The Balaban J connectivity index is 1.20. The third kappa shape index (κ3) is 6.30. The number of pyridine rings is 1. The Kier molecular flexibility index (Phi) is 8.48. The van der Waals surface area contributed by atoms with Gasteiger partial charge in [-0.1, -0.05) is 43.2 Å². The molecule has 4 N–H and O–H groups in total. The summed E-state index contributed by atoms with van der Waals surface area (Å²) >= 11 is 1.44. The summed E-state index contributed by atoms with van der Waals surface area (Å²) in [7, 11) is -3.88. The van der Waals surface area contributed by atoms with Crippen LogP contribution >= 0.6 is 11.3 Å². The van der Waals surface area contributed by atoms with Crippen LogP contribution in [0.4, 0.5) is 4.79 Å². The van der Waals surface area contributed by atoms with Gasteiger partial charge in [-0.3, -0.25) is 19.1 Å². The summed E-state index contributed by atoms with van der Waals surface area (Å²) in [5, 5.41) is 15.0. The number of thiazole rings is 1. The quantitative estimate of drug-likeness (QED) is 0.278. The predicted octanol–water partition coefficient (Wildman–Crippen LogP) is 2.83. The minimum absolute atomic E-state index is 0.0239. The second-order valence-electron chi connectivity index (χ2n) is 13.0. The lowest BCUT2D eigenvalue weighted by Crippen LogP contribution is -2.58. The number of carboxylic acid groups (broad SMARTS) is 1. The van der Waals surface area contributed by atoms with E-state index in [1.165, 1.54) is 16.2 Å². The normalized spacial score (nSPS) is 28.1. The topological polar surface area (TPSA) is 197 Å². The molecule has 4 amide bonds. The number of amides is 4. The number of para-hydroxylation sites is 1. The number of rotatable bonds is 6. The highest BCUT2D eigenvalue weighted by atomic mass is 32.2. The van der Waals surface area contributed by atoms with E-state index in [-0.39, 0.29) is 31.7 Å². The SMILES string of the molecule is O=C(O)N[C@H]1CCCCCC=C[C@@H]2C[C@@]2(C(=O)NS(=O)(=O)C2CC2)NC(=O)[C@@H]2C[C@@H](Oc3nc4ccccc4c4scnc34)CN2C1=O. The lowest BCUT2D eigenvalue weighted by Gasteiger charge is -2.29. The maximum absolute atomic E-state index is 14.1. The number of benzene rings is 1. The molecule has 3 fully saturated rings. The van der Waals surface area contributed by atoms with Crippen LogP contribution in [0.2, 0.25) is 0 Å². The first-order valence-corrected chi connectivity index (χ1v) is 18.6. The molecule has 0 radical (unpaired) electrons. The van der Waals surface area contributed by atoms with Crippen molar-refractivity contribution in [1.82, 2.24) is 30.2 Å². The Morgan fingerprint density at radius 3 is 2.73 bits per heavy atom. The van der Waals surface area contributed by atoms with E-state index in [1.54, 1.807) is 5.51 Å². The highest BCUT2D eigenvalue weighted by Crippen LogP contribution is 2.46. The fourth-order valence-corrected chi connectivity index (χ4v) is 8.93. The maximum Gasteiger partial charge on any atom is 0.405 e. The third-order valence-electron chi connectivity index (χ3n) is 9.56. The van der Waals surface area contributed by atoms with Gasteiger partial charge in [0, 0.05) is 17.7 Å². The first-order valence-electron chi connectivity index (χ1n) is 16.2. The molecule has 1 saturated heterocycles. The van der Waals surface area contributed by atoms with Crippen LogP contribution in [-0.4, -0.2) is 87.7 Å². The minimum Gasteiger partial charge on any atom is -0.471 e. The summed E-state index contributed by atoms with van der Waals surface area (Å²) in [5.41, 5.74) is 1.43. The molecule has 0 spiro atoms. The summed E-state index contributed by atoms with van der Waals surface area (Å²) in [4.78, 5) is 63.9. The van der Waals surface area contributed by atoms with E-state index in [1.807, 2.05) is 36.4 Å². The Bertz CT molecular complexity index is 1930. The molecule has 2 saturated carbocycles. The maximum atomic E-state index is 14.1. The van der Waals surface area contributed by atoms with Crippen LogP contribution in [0.25, 0.3) is 21.1 Å². The second kappa shape index (κ2) is 12.6. The molecule has 4 aliphatic rings. The number of ether oxygens (including phenoxy) is 1. The standard InChI is InChI=1S/C32H36N6O8S2/c39-27-24-14-19(46-28-25-26(47-17-33-25)21-9-6-7-10-22(21)34-28)16-38(24)29(40)23(35-31(42)43)11-5-3-1-2-4-8-18-15-32(18,36-27)30(41)37-48(44,45)20-12-13-20/h4,6-10,17-20,23-24,35H,1-3,5,11-16H2,(H,36,39)(H,37,41)(H,42,43)/t18-,19-,23+,24+,32-/m1/s1. The largest absolute Gasteiger partial charge is 0.471 e. The summed E-state index contributed by atoms with van der Waals surface area (Å²) in [5.74, 6) is -2.22. The van der Waals surface area contributed by atoms with Crippen molar-refractivity contribution >= 4 is 66.3 Å². The Hall–Kier alpha value is -4.31. The van der Waals surface area contributed by atoms with E-state index in [0.717, 1.165) is 22.9 Å². The highest BCUT2D eigenvalue weighted by molar-refractivity contribution is 7.91. The van der Waals surface area contributed by atoms with Gasteiger partial charge in [0.15, 0.2) is 0 Å². The van der Waals surface area contributed by atoms with Gasteiger partial charge in [0.05, 0.1) is 27.5 Å². The van der Waals surface area contributed by atoms with Crippen LogP contribution in [-0.2, 0) is 24.4 Å². The molecule has 48 heavy (non-hydrogen) atoms. The number of nitrogens with one attached hydrogen (secondary N) is 3. The number of carbonyl (C=O) groups excluding carboxylic acids is 3. The molecule has 2 aromatic heterocycles. The monoisotopic (exact) mass is 696 g/mol. The fourth-order valence-electron chi connectivity index (χ4n) is 6.75. The molecular weight excluding hydrogens is 661 g/mol. The zero-order valence-corrected chi connectivity index (χ0v) is 27.6. The summed E-state index contributed by atoms with van der Waals surface area (Å²) in [6.45, 7) is -0.0482. The first-order chi connectivity index (χ1) is 23.1. The average Bonchev–Trinajstić information content (AvgIpc) is 3.92. The number of hydrogen-bond acceptors (Lipinski definition) is 10. The van der Waals surface area contributed by atoms with E-state index < -0.39 is 68.7 Å². The van der Waals surface area contributed by atoms with Gasteiger partial charge >= 0.3 is 6.09 Å². The molecule has 2 aliphatic heterocycles. The van der Waals surface area contributed by atoms with Gasteiger partial charge in [-0.15, -0.1) is 11.3 Å². The summed E-state index contributed by atoms with van der Waals surface area (Å²) < 4.78 is 34.9. The van der Waals surface area contributed by atoms with Gasteiger partial charge in [-0.25, -0.2) is 23.2 Å². The number of fused-ring (bicyclic) bond motifs is 5. The van der Waals surface area contributed by atoms with Crippen molar-refractivity contribution in [3.63, 3.8) is 0 Å². The van der Waals surface area contributed by atoms with Gasteiger partial charge in [-0.2, -0.15) is 0 Å². The molecule has 7 rings (SSSR count). The molecule has 1 aromatic carbocycles. The third-order valence-corrected chi connectivity index (χ3v) is 12.2. The lowest BCUT2D eigenvalue weighted by molar-refractivity contribution is -0.141. The number of allylic oxidation sites excluding steroid dienone is 1. The molecule has 5 atom stereocenters. The van der Waals surface area contributed by atoms with Crippen LogP contribution in [0, 0.1) is 5.92 Å². The van der Waals surface area contributed by atoms with E-state index >= 15 is 0 Å². The summed E-state index contributed by atoms with van der Waals surface area (Å²) in [6.07, 6.45) is 5.84. The molecule has 14 nitrogen and oxygen atoms in total. The van der Waals surface area contributed by atoms with Gasteiger partial charge in [0.2, 0.25) is 27.7 Å². The number of hydrogen-bond donors (Lipinski definition) is 4. The van der Waals surface area contributed by atoms with Gasteiger partial charge < -0.3 is 25.4 Å². The van der Waals surface area contributed by atoms with Crippen molar-refractivity contribution in [3.05, 3.63) is 41.9 Å². The van der Waals surface area contributed by atoms with Crippen LogP contribution in [0.1, 0.15) is 57.8 Å². The molecular formula is C32H36N6O8S2. The van der Waals surface area contributed by atoms with Crippen LogP contribution < -0.4 is 20.1 Å². The van der Waals surface area contributed by atoms with E-state index in [2.05, 4.69) is 25.3 Å². The molecule has 254 valence electrons. The minimum atomic E-state index is -3.88. The molecule has 0 unspecified atom stereocenters. The lowest BCUT2D eigenvalue weighted by atomic mass is 10.1. The Morgan fingerprint density at radius 2 is 1.94 bits per heavy atom. The zero-order valence-electron chi connectivity index (χ0n) is 26.0. The number of nitrogens with zero attached hydrogens (tertiary/aromatic N) is 3. The van der Waals surface area contributed by atoms with E-state index in [4.69, 9.17) is 4.74 Å². The Morgan fingerprint density at radius 1 is 1.12 bits per heavy atom. The Labute approximate surface area is 280 Å². The number of aromatic nitrogens is 2. The molecule has 2 aliphatic carbocycles. The van der Waals surface area contributed by atoms with Crippen molar-refractivity contribution in [1.29, 1.82) is 0 Å². The molecule has 4 heterocycles. The van der Waals surface area contributed by atoms with Crippen LogP contribution in [0.5, 0.6) is 5.88 Å². The molecule has 0 bridgehead atoms. The first kappa shape index (κ1) is 32.2. The van der Waals surface area contributed by atoms with Crippen LogP contribution in [0.3, 0.4) is 0 Å². The van der Waals surface area contributed by atoms with Crippen molar-refractivity contribution in [2.75, 3.05) is 6.54 Å². The van der Waals surface area contributed by atoms with Crippen LogP contribution in [0.15, 0.2) is 41.9 Å². The van der Waals surface area contributed by atoms with E-state index in [9.17, 15) is 32.7 Å². The van der Waals surface area contributed by atoms with Crippen molar-refractivity contribution in [3.8, 4) is 5.88 Å². The number of carbonyl (C=O) groups is 4. The molecule has 16 heteroatoms. The van der Waals surface area contributed by atoms with Crippen molar-refractivity contribution < 1.29 is 37.4 Å². The van der Waals surface area contributed by atoms with Gasteiger partial charge in [0.25, 0.3) is 5.91 Å². The highest BCUT2D eigenvalue weighted by Gasteiger charge is 2.62. The smallest absolute Gasteiger partial charge is 0.405 e. The number of sulfonamides is 1. The summed E-state index contributed by atoms with van der Waals surface area (Å²) in [6, 6.07) is 5.33. The zero-order chi connectivity index (χ0) is 33.6. The van der Waals surface area contributed by atoms with Gasteiger partial charge in [0.1, 0.15) is 29.2 Å². The second-order valence-corrected chi connectivity index (χ2v) is 15.8. The van der Waals surface area contributed by atoms with Crippen molar-refractivity contribution in [2.24, 2.45) is 5.92 Å². The average molecular weight is 697 g/mol. The van der Waals surface area contributed by atoms with Gasteiger partial charge in [-0.05, 0) is 44.6 Å². The fraction of sp³-hybridized carbons (Fsp3) is 0.500. The predicted molar refractivity (Wildman–Crippen MR) is 176 cm³/mol. The van der Waals surface area contributed by atoms with E-state index in [0.29, 0.717) is 36.7 Å².